The highest BCUT2D eigenvalue weighted by atomic mass is 16.6. The summed E-state index contributed by atoms with van der Waals surface area (Å²) in [6.45, 7) is 2.25. The van der Waals surface area contributed by atoms with Gasteiger partial charge in [-0.25, -0.2) is 4.99 Å². The molecule has 0 radical (unpaired) electrons. The number of nitro benzene ring substituents is 1. The number of pyridine rings is 1. The summed E-state index contributed by atoms with van der Waals surface area (Å²) in [4.78, 5) is 27.2. The Morgan fingerprint density at radius 2 is 1.88 bits per heavy atom. The number of rotatable bonds is 4. The van der Waals surface area contributed by atoms with Crippen molar-refractivity contribution in [3.63, 3.8) is 0 Å². The molecule has 126 valence electrons. The third-order valence-electron chi connectivity index (χ3n) is 3.91. The summed E-state index contributed by atoms with van der Waals surface area (Å²) in [7, 11) is 0. The Hall–Kier alpha value is -3.48. The lowest BCUT2D eigenvalue weighted by Gasteiger charge is -2.11. The molecule has 0 saturated heterocycles. The molecule has 7 nitrogen and oxygen atoms in total. The van der Waals surface area contributed by atoms with E-state index >= 15 is 0 Å². The van der Waals surface area contributed by atoms with Crippen molar-refractivity contribution in [1.82, 2.24) is 4.57 Å². The van der Waals surface area contributed by atoms with E-state index in [0.717, 1.165) is 0 Å². The van der Waals surface area contributed by atoms with E-state index < -0.39 is 10.5 Å². The highest BCUT2D eigenvalue weighted by molar-refractivity contribution is 5.96. The van der Waals surface area contributed by atoms with Crippen LogP contribution in [0.2, 0.25) is 0 Å². The number of hydrogen-bond acceptors (Lipinski definition) is 5. The number of benzene rings is 2. The number of nitrogens with zero attached hydrogens (tertiary/aromatic N) is 3. The van der Waals surface area contributed by atoms with Gasteiger partial charge in [-0.05, 0) is 25.1 Å². The molecule has 0 spiro atoms. The lowest BCUT2D eigenvalue weighted by atomic mass is 10.1. The van der Waals surface area contributed by atoms with E-state index in [1.807, 2.05) is 6.92 Å². The molecule has 7 heteroatoms. The van der Waals surface area contributed by atoms with E-state index in [1.165, 1.54) is 29.0 Å². The van der Waals surface area contributed by atoms with Crippen LogP contribution in [0.25, 0.3) is 10.9 Å². The van der Waals surface area contributed by atoms with Crippen molar-refractivity contribution < 1.29 is 10.0 Å². The maximum absolute atomic E-state index is 12.7. The van der Waals surface area contributed by atoms with Crippen molar-refractivity contribution in [2.75, 3.05) is 0 Å². The van der Waals surface area contributed by atoms with Gasteiger partial charge in [0.05, 0.1) is 10.4 Å². The fourth-order valence-corrected chi connectivity index (χ4v) is 2.70. The molecule has 0 aliphatic rings. The number of hydrogen-bond donors (Lipinski definition) is 1. The van der Waals surface area contributed by atoms with E-state index in [-0.39, 0.29) is 22.7 Å². The molecule has 0 amide bonds. The number of nitro groups is 1. The Kier molecular flexibility index (Phi) is 4.30. The smallest absolute Gasteiger partial charge is 0.294 e. The van der Waals surface area contributed by atoms with Crippen molar-refractivity contribution in [1.29, 1.82) is 0 Å². The fraction of sp³-hybridized carbons (Fsp3) is 0.111. The van der Waals surface area contributed by atoms with Crippen LogP contribution < -0.4 is 5.56 Å². The van der Waals surface area contributed by atoms with E-state index in [1.54, 1.807) is 30.3 Å². The van der Waals surface area contributed by atoms with Crippen LogP contribution in [-0.2, 0) is 6.54 Å². The second-order valence-corrected chi connectivity index (χ2v) is 5.33. The minimum Gasteiger partial charge on any atom is -0.506 e. The first-order chi connectivity index (χ1) is 12.0. The van der Waals surface area contributed by atoms with E-state index in [2.05, 4.69) is 4.99 Å². The Labute approximate surface area is 142 Å². The Morgan fingerprint density at radius 3 is 2.60 bits per heavy atom. The monoisotopic (exact) mass is 337 g/mol. The predicted molar refractivity (Wildman–Crippen MR) is 95.9 cm³/mol. The lowest BCUT2D eigenvalue weighted by molar-refractivity contribution is -0.384. The third kappa shape index (κ3) is 2.87. The molecule has 0 fully saturated rings. The van der Waals surface area contributed by atoms with Gasteiger partial charge in [0, 0.05) is 24.2 Å². The van der Waals surface area contributed by atoms with Crippen LogP contribution in [0.4, 0.5) is 11.4 Å². The van der Waals surface area contributed by atoms with Gasteiger partial charge in [-0.15, -0.1) is 0 Å². The quantitative estimate of drug-likeness (QED) is 0.448. The van der Waals surface area contributed by atoms with Crippen molar-refractivity contribution >= 4 is 28.5 Å². The van der Waals surface area contributed by atoms with Crippen molar-refractivity contribution in [3.8, 4) is 5.75 Å². The van der Waals surface area contributed by atoms with Gasteiger partial charge in [-0.2, -0.15) is 0 Å². The van der Waals surface area contributed by atoms with Gasteiger partial charge in [-0.3, -0.25) is 14.9 Å². The summed E-state index contributed by atoms with van der Waals surface area (Å²) in [6.07, 6.45) is 1.18. The van der Waals surface area contributed by atoms with Gasteiger partial charge in [0.2, 0.25) is 0 Å². The minimum absolute atomic E-state index is 0.00120. The van der Waals surface area contributed by atoms with Crippen molar-refractivity contribution in [2.45, 2.75) is 13.5 Å². The summed E-state index contributed by atoms with van der Waals surface area (Å²) < 4.78 is 1.52. The Bertz CT molecular complexity index is 1050. The van der Waals surface area contributed by atoms with Gasteiger partial charge in [0.1, 0.15) is 17.0 Å². The minimum atomic E-state index is -0.544. The largest absolute Gasteiger partial charge is 0.506 e. The van der Waals surface area contributed by atoms with Crippen LogP contribution in [0, 0.1) is 10.1 Å². The zero-order valence-electron chi connectivity index (χ0n) is 13.4. The highest BCUT2D eigenvalue weighted by Gasteiger charge is 2.15. The van der Waals surface area contributed by atoms with E-state index in [4.69, 9.17) is 0 Å². The van der Waals surface area contributed by atoms with E-state index in [9.17, 15) is 20.0 Å². The fourth-order valence-electron chi connectivity index (χ4n) is 2.70. The predicted octanol–water partition coefficient (Wildman–Crippen LogP) is 3.39. The summed E-state index contributed by atoms with van der Waals surface area (Å²) in [5.41, 5.74) is 0.160. The molecule has 1 heterocycles. The molecule has 25 heavy (non-hydrogen) atoms. The Morgan fingerprint density at radius 1 is 1.20 bits per heavy atom. The highest BCUT2D eigenvalue weighted by Crippen LogP contribution is 2.28. The molecular formula is C18H15N3O4. The molecule has 0 bridgehead atoms. The third-order valence-corrected chi connectivity index (χ3v) is 3.91. The van der Waals surface area contributed by atoms with E-state index in [0.29, 0.717) is 17.4 Å². The van der Waals surface area contributed by atoms with Crippen LogP contribution in [0.3, 0.4) is 0 Å². The Balaban J connectivity index is 2.21. The SMILES string of the molecule is CCn1c(=O)c(C=Nc2ccccc2[N+](=O)[O-])c(O)c2ccccc21. The van der Waals surface area contributed by atoms with Gasteiger partial charge in [0.15, 0.2) is 0 Å². The van der Waals surface area contributed by atoms with Gasteiger partial charge >= 0.3 is 0 Å². The molecule has 2 aromatic carbocycles. The number of aromatic nitrogens is 1. The summed E-state index contributed by atoms with van der Waals surface area (Å²) >= 11 is 0. The van der Waals surface area contributed by atoms with Gasteiger partial charge in [0.25, 0.3) is 11.2 Å². The van der Waals surface area contributed by atoms with Crippen LogP contribution >= 0.6 is 0 Å². The average molecular weight is 337 g/mol. The first kappa shape index (κ1) is 16.4. The molecule has 1 aromatic heterocycles. The molecule has 0 aliphatic heterocycles. The standard InChI is InChI=1S/C18H15N3O4/c1-2-20-15-9-5-3-7-12(15)17(22)13(18(20)23)11-19-14-8-4-6-10-16(14)21(24)25/h3-11,22H,2H2,1H3. The normalized spacial score (nSPS) is 11.2. The number of fused-ring (bicyclic) bond motifs is 1. The zero-order chi connectivity index (χ0) is 18.0. The van der Waals surface area contributed by atoms with Gasteiger partial charge < -0.3 is 9.67 Å². The number of aryl methyl sites for hydroxylation is 1. The number of aromatic hydroxyl groups is 1. The molecule has 3 aromatic rings. The number of para-hydroxylation sites is 3. The second kappa shape index (κ2) is 6.56. The van der Waals surface area contributed by atoms with Crippen LogP contribution in [-0.4, -0.2) is 20.8 Å². The summed E-state index contributed by atoms with van der Waals surface area (Å²) in [5.74, 6) is -0.187. The van der Waals surface area contributed by atoms with Crippen LogP contribution in [0.15, 0.2) is 58.3 Å². The number of aliphatic imine (C=N–C) groups is 1. The first-order valence-corrected chi connectivity index (χ1v) is 7.66. The lowest BCUT2D eigenvalue weighted by Crippen LogP contribution is -2.23. The summed E-state index contributed by atoms with van der Waals surface area (Å²) in [5, 5.41) is 22.0. The average Bonchev–Trinajstić information content (AvgIpc) is 2.62. The molecule has 1 N–H and O–H groups in total. The topological polar surface area (TPSA) is 97.7 Å². The zero-order valence-corrected chi connectivity index (χ0v) is 13.4. The second-order valence-electron chi connectivity index (χ2n) is 5.33. The van der Waals surface area contributed by atoms with Crippen molar-refractivity contribution in [3.05, 3.63) is 74.6 Å². The molecule has 0 atom stereocenters. The van der Waals surface area contributed by atoms with Crippen LogP contribution in [0.1, 0.15) is 12.5 Å². The molecule has 3 rings (SSSR count). The molecule has 0 saturated carbocycles. The van der Waals surface area contributed by atoms with Gasteiger partial charge in [-0.1, -0.05) is 24.3 Å². The maximum atomic E-state index is 12.7. The molecular weight excluding hydrogens is 322 g/mol. The maximum Gasteiger partial charge on any atom is 0.294 e. The van der Waals surface area contributed by atoms with Crippen LogP contribution in [0.5, 0.6) is 5.75 Å². The van der Waals surface area contributed by atoms with Crippen molar-refractivity contribution in [2.24, 2.45) is 4.99 Å². The first-order valence-electron chi connectivity index (χ1n) is 7.66. The molecule has 0 aliphatic carbocycles. The summed E-state index contributed by atoms with van der Waals surface area (Å²) in [6, 6.07) is 13.0. The molecule has 0 unspecified atom stereocenters.